The highest BCUT2D eigenvalue weighted by Gasteiger charge is 2.10. The monoisotopic (exact) mass is 206 g/mol. The van der Waals surface area contributed by atoms with Crippen molar-refractivity contribution in [3.05, 3.63) is 24.2 Å². The Balaban J connectivity index is 2.47. The molecular weight excluding hydrogens is 196 g/mol. The van der Waals surface area contributed by atoms with E-state index in [9.17, 15) is 4.79 Å². The fraction of sp³-hybridized carbons (Fsp3) is 0.222. The number of carbonyl (C=O) groups excluding carboxylic acids is 1. The van der Waals surface area contributed by atoms with Crippen LogP contribution in [-0.2, 0) is 7.05 Å². The lowest BCUT2D eigenvalue weighted by atomic mass is 10.4. The minimum absolute atomic E-state index is 0.489. The molecule has 0 aromatic carbocycles. The first kappa shape index (κ1) is 9.45. The summed E-state index contributed by atoms with van der Waals surface area (Å²) < 4.78 is 8.06. The highest BCUT2D eigenvalue weighted by molar-refractivity contribution is 5.79. The van der Waals surface area contributed by atoms with Crippen molar-refractivity contribution < 1.29 is 9.53 Å². The van der Waals surface area contributed by atoms with Gasteiger partial charge in [0.05, 0.1) is 25.1 Å². The third kappa shape index (κ3) is 1.61. The molecule has 6 nitrogen and oxygen atoms in total. The van der Waals surface area contributed by atoms with E-state index in [0.29, 0.717) is 17.1 Å². The molecule has 0 atom stereocenters. The van der Waals surface area contributed by atoms with Gasteiger partial charge in [0.25, 0.3) is 0 Å². The third-order valence-electron chi connectivity index (χ3n) is 1.98. The van der Waals surface area contributed by atoms with Gasteiger partial charge in [0.2, 0.25) is 0 Å². The van der Waals surface area contributed by atoms with Crippen molar-refractivity contribution in [3.63, 3.8) is 0 Å². The number of aromatic nitrogens is 4. The molecule has 0 radical (unpaired) electrons. The Kier molecular flexibility index (Phi) is 2.24. The van der Waals surface area contributed by atoms with Crippen molar-refractivity contribution in [2.45, 2.75) is 0 Å². The van der Waals surface area contributed by atoms with Crippen LogP contribution in [0.1, 0.15) is 10.4 Å². The summed E-state index contributed by atoms with van der Waals surface area (Å²) in [4.78, 5) is 10.8. The van der Waals surface area contributed by atoms with Gasteiger partial charge < -0.3 is 4.74 Å². The fourth-order valence-corrected chi connectivity index (χ4v) is 1.28. The summed E-state index contributed by atoms with van der Waals surface area (Å²) in [5.74, 6) is 1.12. The maximum Gasteiger partial charge on any atom is 0.185 e. The molecule has 0 fully saturated rings. The van der Waals surface area contributed by atoms with Crippen LogP contribution in [0, 0.1) is 0 Å². The lowest BCUT2D eigenvalue weighted by Crippen LogP contribution is -1.99. The number of aldehydes is 1. The molecule has 15 heavy (non-hydrogen) atoms. The third-order valence-corrected chi connectivity index (χ3v) is 1.98. The Labute approximate surface area is 86.1 Å². The molecule has 2 aromatic rings. The maximum absolute atomic E-state index is 10.8. The first-order chi connectivity index (χ1) is 7.24. The standard InChI is InChI=1S/C9H10N4O2/c1-12-4-7(6-14)9(11-12)13-5-8(15-2)3-10-13/h3-6H,1-2H3. The van der Waals surface area contributed by atoms with Crippen molar-refractivity contribution in [3.8, 4) is 11.6 Å². The maximum atomic E-state index is 10.8. The van der Waals surface area contributed by atoms with E-state index in [1.807, 2.05) is 0 Å². The van der Waals surface area contributed by atoms with Gasteiger partial charge in [0.15, 0.2) is 17.9 Å². The van der Waals surface area contributed by atoms with Crippen molar-refractivity contribution in [1.29, 1.82) is 0 Å². The molecule has 2 aromatic heterocycles. The number of methoxy groups -OCH3 is 1. The van der Waals surface area contributed by atoms with E-state index < -0.39 is 0 Å². The highest BCUT2D eigenvalue weighted by atomic mass is 16.5. The summed E-state index contributed by atoms with van der Waals surface area (Å²) in [5, 5.41) is 8.17. The number of carbonyl (C=O) groups is 1. The molecule has 2 rings (SSSR count). The zero-order valence-corrected chi connectivity index (χ0v) is 8.41. The predicted molar refractivity (Wildman–Crippen MR) is 52.3 cm³/mol. The Morgan fingerprint density at radius 1 is 1.47 bits per heavy atom. The van der Waals surface area contributed by atoms with Gasteiger partial charge in [0.1, 0.15) is 0 Å². The van der Waals surface area contributed by atoms with Crippen LogP contribution in [-0.4, -0.2) is 33.0 Å². The lowest BCUT2D eigenvalue weighted by Gasteiger charge is -1.95. The van der Waals surface area contributed by atoms with Crippen LogP contribution in [0.15, 0.2) is 18.6 Å². The smallest absolute Gasteiger partial charge is 0.185 e. The summed E-state index contributed by atoms with van der Waals surface area (Å²) in [6.07, 6.45) is 5.60. The number of ether oxygens (including phenoxy) is 1. The van der Waals surface area contributed by atoms with Crippen molar-refractivity contribution in [2.24, 2.45) is 7.05 Å². The molecule has 0 unspecified atom stereocenters. The van der Waals surface area contributed by atoms with Crippen LogP contribution < -0.4 is 4.74 Å². The Hall–Kier alpha value is -2.11. The zero-order chi connectivity index (χ0) is 10.8. The first-order valence-electron chi connectivity index (χ1n) is 4.32. The van der Waals surface area contributed by atoms with E-state index in [2.05, 4.69) is 10.2 Å². The topological polar surface area (TPSA) is 61.9 Å². The minimum atomic E-state index is 0.489. The first-order valence-corrected chi connectivity index (χ1v) is 4.32. The van der Waals surface area contributed by atoms with E-state index in [1.165, 1.54) is 4.68 Å². The number of nitrogens with zero attached hydrogens (tertiary/aromatic N) is 4. The molecule has 0 aliphatic heterocycles. The largest absolute Gasteiger partial charge is 0.493 e. The average molecular weight is 206 g/mol. The molecule has 0 aliphatic carbocycles. The van der Waals surface area contributed by atoms with Gasteiger partial charge in [-0.3, -0.25) is 9.48 Å². The molecule has 78 valence electrons. The average Bonchev–Trinajstić information content (AvgIpc) is 2.82. The summed E-state index contributed by atoms with van der Waals surface area (Å²) in [5.41, 5.74) is 0.489. The summed E-state index contributed by atoms with van der Waals surface area (Å²) in [6, 6.07) is 0. The van der Waals surface area contributed by atoms with Gasteiger partial charge >= 0.3 is 0 Å². The number of aryl methyl sites for hydroxylation is 1. The van der Waals surface area contributed by atoms with Crippen LogP contribution in [0.5, 0.6) is 5.75 Å². The summed E-state index contributed by atoms with van der Waals surface area (Å²) in [6.45, 7) is 0. The summed E-state index contributed by atoms with van der Waals surface area (Å²) >= 11 is 0. The molecule has 2 heterocycles. The van der Waals surface area contributed by atoms with Gasteiger partial charge in [-0.2, -0.15) is 10.2 Å². The van der Waals surface area contributed by atoms with Crippen LogP contribution in [0.2, 0.25) is 0 Å². The highest BCUT2D eigenvalue weighted by Crippen LogP contribution is 2.13. The molecule has 0 N–H and O–H groups in total. The number of rotatable bonds is 3. The minimum Gasteiger partial charge on any atom is -0.493 e. The van der Waals surface area contributed by atoms with E-state index in [0.717, 1.165) is 6.29 Å². The molecule has 0 saturated carbocycles. The van der Waals surface area contributed by atoms with Crippen molar-refractivity contribution >= 4 is 6.29 Å². The van der Waals surface area contributed by atoms with Crippen LogP contribution in [0.3, 0.4) is 0 Å². The number of hydrogen-bond acceptors (Lipinski definition) is 4. The quantitative estimate of drug-likeness (QED) is 0.683. The van der Waals surface area contributed by atoms with E-state index >= 15 is 0 Å². The molecule has 0 spiro atoms. The second-order valence-corrected chi connectivity index (χ2v) is 3.02. The van der Waals surface area contributed by atoms with Gasteiger partial charge in [0, 0.05) is 13.2 Å². The van der Waals surface area contributed by atoms with E-state index in [4.69, 9.17) is 4.74 Å². The fourth-order valence-electron chi connectivity index (χ4n) is 1.28. The second-order valence-electron chi connectivity index (χ2n) is 3.02. The Morgan fingerprint density at radius 2 is 2.27 bits per heavy atom. The summed E-state index contributed by atoms with van der Waals surface area (Å²) in [7, 11) is 3.30. The number of hydrogen-bond donors (Lipinski definition) is 0. The molecule has 6 heteroatoms. The van der Waals surface area contributed by atoms with Crippen LogP contribution in [0.25, 0.3) is 5.82 Å². The molecule has 0 saturated heterocycles. The lowest BCUT2D eigenvalue weighted by molar-refractivity contribution is 0.112. The van der Waals surface area contributed by atoms with Gasteiger partial charge in [-0.1, -0.05) is 0 Å². The van der Waals surface area contributed by atoms with Crippen LogP contribution >= 0.6 is 0 Å². The van der Waals surface area contributed by atoms with Crippen molar-refractivity contribution in [1.82, 2.24) is 19.6 Å². The van der Waals surface area contributed by atoms with Crippen LogP contribution in [0.4, 0.5) is 0 Å². The van der Waals surface area contributed by atoms with E-state index in [-0.39, 0.29) is 0 Å². The van der Waals surface area contributed by atoms with Gasteiger partial charge in [-0.05, 0) is 0 Å². The predicted octanol–water partition coefficient (Wildman–Crippen LogP) is 0.427. The molecule has 0 bridgehead atoms. The molecular formula is C9H10N4O2. The normalized spacial score (nSPS) is 10.3. The Bertz CT molecular complexity index is 486. The SMILES string of the molecule is COc1cnn(-c2nn(C)cc2C=O)c1. The van der Waals surface area contributed by atoms with Gasteiger partial charge in [-0.15, -0.1) is 0 Å². The zero-order valence-electron chi connectivity index (χ0n) is 8.41. The second kappa shape index (κ2) is 3.56. The molecule has 0 aliphatic rings. The Morgan fingerprint density at radius 3 is 2.87 bits per heavy atom. The van der Waals surface area contributed by atoms with Crippen molar-refractivity contribution in [2.75, 3.05) is 7.11 Å². The van der Waals surface area contributed by atoms with E-state index in [1.54, 1.807) is 37.4 Å². The molecule has 0 amide bonds. The van der Waals surface area contributed by atoms with Gasteiger partial charge in [-0.25, -0.2) is 4.68 Å².